The van der Waals surface area contributed by atoms with Crippen LogP contribution in [-0.2, 0) is 11.3 Å². The van der Waals surface area contributed by atoms with E-state index in [0.717, 1.165) is 11.8 Å². The highest BCUT2D eigenvalue weighted by Crippen LogP contribution is 2.23. The number of nitrogens with zero attached hydrogens (tertiary/aromatic N) is 1. The SMILES string of the molecule is Cl.N=Cc1nc(NCc2ccc(Cl)c(Cl)c2)[nH]c(=O)c1NC1CNC(C(=O)O)C1. The van der Waals surface area contributed by atoms with Crippen molar-refractivity contribution < 1.29 is 9.90 Å². The third-order valence-electron chi connectivity index (χ3n) is 4.31. The Hall–Kier alpha value is -2.33. The first-order valence-corrected chi connectivity index (χ1v) is 9.18. The molecule has 1 aliphatic heterocycles. The molecule has 0 amide bonds. The number of aliphatic carboxylic acids is 1. The summed E-state index contributed by atoms with van der Waals surface area (Å²) in [5, 5.41) is 26.3. The summed E-state index contributed by atoms with van der Waals surface area (Å²) in [5.74, 6) is -0.737. The van der Waals surface area contributed by atoms with E-state index < -0.39 is 17.6 Å². The minimum atomic E-state index is -0.939. The fourth-order valence-electron chi connectivity index (χ4n) is 2.89. The quantitative estimate of drug-likeness (QED) is 0.347. The van der Waals surface area contributed by atoms with Gasteiger partial charge in [0.15, 0.2) is 0 Å². The molecule has 0 aliphatic carbocycles. The molecule has 2 unspecified atom stereocenters. The lowest BCUT2D eigenvalue weighted by atomic mass is 10.1. The van der Waals surface area contributed by atoms with Gasteiger partial charge in [0.25, 0.3) is 5.56 Å². The van der Waals surface area contributed by atoms with Gasteiger partial charge in [0.1, 0.15) is 17.4 Å². The van der Waals surface area contributed by atoms with Gasteiger partial charge in [-0.15, -0.1) is 12.4 Å². The van der Waals surface area contributed by atoms with Gasteiger partial charge in [-0.3, -0.25) is 14.6 Å². The second-order valence-corrected chi connectivity index (χ2v) is 7.11. The van der Waals surface area contributed by atoms with Crippen LogP contribution < -0.4 is 21.5 Å². The Morgan fingerprint density at radius 3 is 2.76 bits per heavy atom. The molecular formula is C17H19Cl3N6O3. The number of anilines is 2. The fourth-order valence-corrected chi connectivity index (χ4v) is 3.21. The molecule has 2 aromatic rings. The van der Waals surface area contributed by atoms with Crippen molar-refractivity contribution in [1.29, 1.82) is 5.41 Å². The van der Waals surface area contributed by atoms with Crippen molar-refractivity contribution in [2.45, 2.75) is 25.0 Å². The molecule has 0 radical (unpaired) electrons. The third-order valence-corrected chi connectivity index (χ3v) is 5.04. The van der Waals surface area contributed by atoms with E-state index in [9.17, 15) is 9.59 Å². The smallest absolute Gasteiger partial charge is 0.320 e. The summed E-state index contributed by atoms with van der Waals surface area (Å²) in [4.78, 5) is 30.3. The van der Waals surface area contributed by atoms with Gasteiger partial charge in [0, 0.05) is 25.3 Å². The minimum absolute atomic E-state index is 0. The first-order chi connectivity index (χ1) is 13.4. The Labute approximate surface area is 182 Å². The normalized spacial score (nSPS) is 18.0. The van der Waals surface area contributed by atoms with Crippen molar-refractivity contribution >= 4 is 59.4 Å². The van der Waals surface area contributed by atoms with E-state index in [0.29, 0.717) is 29.6 Å². The zero-order valence-electron chi connectivity index (χ0n) is 15.0. The number of nitrogens with one attached hydrogen (secondary N) is 5. The molecule has 6 N–H and O–H groups in total. The van der Waals surface area contributed by atoms with Gasteiger partial charge in [-0.25, -0.2) is 4.98 Å². The second-order valence-electron chi connectivity index (χ2n) is 6.30. The molecule has 1 aliphatic rings. The maximum atomic E-state index is 12.5. The van der Waals surface area contributed by atoms with E-state index in [1.807, 2.05) is 0 Å². The highest BCUT2D eigenvalue weighted by molar-refractivity contribution is 6.42. The fraction of sp³-hybridized carbons (Fsp3) is 0.294. The zero-order valence-corrected chi connectivity index (χ0v) is 17.3. The van der Waals surface area contributed by atoms with Crippen LogP contribution in [0.15, 0.2) is 23.0 Å². The summed E-state index contributed by atoms with van der Waals surface area (Å²) < 4.78 is 0. The van der Waals surface area contributed by atoms with Crippen LogP contribution >= 0.6 is 35.6 Å². The summed E-state index contributed by atoms with van der Waals surface area (Å²) in [5.41, 5.74) is 0.670. The van der Waals surface area contributed by atoms with E-state index >= 15 is 0 Å². The summed E-state index contributed by atoms with van der Waals surface area (Å²) >= 11 is 11.9. The van der Waals surface area contributed by atoms with Crippen molar-refractivity contribution in [1.82, 2.24) is 15.3 Å². The summed E-state index contributed by atoms with van der Waals surface area (Å²) in [7, 11) is 0. The second kappa shape index (κ2) is 9.93. The monoisotopic (exact) mass is 460 g/mol. The molecule has 29 heavy (non-hydrogen) atoms. The lowest BCUT2D eigenvalue weighted by molar-refractivity contribution is -0.139. The molecule has 3 rings (SSSR count). The van der Waals surface area contributed by atoms with E-state index in [2.05, 4.69) is 25.9 Å². The van der Waals surface area contributed by atoms with Gasteiger partial charge in [0.05, 0.1) is 10.0 Å². The number of benzene rings is 1. The van der Waals surface area contributed by atoms with Crippen LogP contribution in [-0.4, -0.2) is 45.9 Å². The first kappa shape index (κ1) is 23.0. The predicted octanol–water partition coefficient (Wildman–Crippen LogP) is 2.34. The summed E-state index contributed by atoms with van der Waals surface area (Å²) in [6.07, 6.45) is 1.29. The largest absolute Gasteiger partial charge is 0.480 e. The number of rotatable bonds is 7. The molecule has 0 saturated carbocycles. The van der Waals surface area contributed by atoms with Gasteiger partial charge < -0.3 is 26.5 Å². The number of carbonyl (C=O) groups is 1. The Morgan fingerprint density at radius 1 is 1.38 bits per heavy atom. The number of halogens is 3. The van der Waals surface area contributed by atoms with Crippen LogP contribution in [0, 0.1) is 5.41 Å². The lowest BCUT2D eigenvalue weighted by Gasteiger charge is -2.15. The molecule has 2 heterocycles. The minimum Gasteiger partial charge on any atom is -0.480 e. The molecule has 1 aromatic heterocycles. The van der Waals surface area contributed by atoms with Gasteiger partial charge in [0.2, 0.25) is 5.95 Å². The lowest BCUT2D eigenvalue weighted by Crippen LogP contribution is -2.30. The van der Waals surface area contributed by atoms with Crippen molar-refractivity contribution in [2.75, 3.05) is 17.2 Å². The number of carboxylic acids is 1. The van der Waals surface area contributed by atoms with Crippen LogP contribution in [0.5, 0.6) is 0 Å². The Kier molecular flexibility index (Phi) is 7.86. The molecule has 12 heteroatoms. The van der Waals surface area contributed by atoms with Gasteiger partial charge in [-0.2, -0.15) is 0 Å². The van der Waals surface area contributed by atoms with Crippen LogP contribution in [0.4, 0.5) is 11.6 Å². The Bertz CT molecular complexity index is 968. The summed E-state index contributed by atoms with van der Waals surface area (Å²) in [6, 6.07) is 4.25. The zero-order chi connectivity index (χ0) is 20.3. The molecule has 0 spiro atoms. The molecule has 1 aromatic carbocycles. The molecule has 9 nitrogen and oxygen atoms in total. The standard InChI is InChI=1S/C17H18Cl2N6O3.ClH/c18-10-2-1-8(3-11(10)19)6-22-17-24-13(5-20)14(15(26)25-17)23-9-4-12(16(27)28)21-7-9;/h1-3,5,9,12,20-21,23H,4,6-7H2,(H,27,28)(H2,22,24,25,26);1H. The number of hydrogen-bond donors (Lipinski definition) is 6. The topological polar surface area (TPSA) is 143 Å². The van der Waals surface area contributed by atoms with Gasteiger partial charge in [-0.1, -0.05) is 29.3 Å². The van der Waals surface area contributed by atoms with Crippen LogP contribution in [0.1, 0.15) is 17.7 Å². The van der Waals surface area contributed by atoms with E-state index in [1.54, 1.807) is 18.2 Å². The maximum Gasteiger partial charge on any atom is 0.320 e. The van der Waals surface area contributed by atoms with Crippen molar-refractivity contribution in [3.05, 3.63) is 49.9 Å². The van der Waals surface area contributed by atoms with E-state index in [-0.39, 0.29) is 35.8 Å². The molecule has 1 saturated heterocycles. The van der Waals surface area contributed by atoms with Crippen LogP contribution in [0.25, 0.3) is 0 Å². The number of aromatic amines is 1. The van der Waals surface area contributed by atoms with Crippen LogP contribution in [0.3, 0.4) is 0 Å². The number of hydrogen-bond acceptors (Lipinski definition) is 7. The highest BCUT2D eigenvalue weighted by atomic mass is 35.5. The Balaban J connectivity index is 0.00000300. The molecule has 156 valence electrons. The third kappa shape index (κ3) is 5.60. The molecular weight excluding hydrogens is 443 g/mol. The highest BCUT2D eigenvalue weighted by Gasteiger charge is 2.30. The first-order valence-electron chi connectivity index (χ1n) is 8.42. The van der Waals surface area contributed by atoms with Crippen molar-refractivity contribution in [2.24, 2.45) is 0 Å². The van der Waals surface area contributed by atoms with Gasteiger partial charge >= 0.3 is 5.97 Å². The Morgan fingerprint density at radius 2 is 2.14 bits per heavy atom. The number of carboxylic acid groups (broad SMARTS) is 1. The average Bonchev–Trinajstić information content (AvgIpc) is 3.13. The number of aromatic nitrogens is 2. The van der Waals surface area contributed by atoms with Crippen LogP contribution in [0.2, 0.25) is 10.0 Å². The molecule has 0 bridgehead atoms. The van der Waals surface area contributed by atoms with Gasteiger partial charge in [-0.05, 0) is 24.1 Å². The molecule has 2 atom stereocenters. The van der Waals surface area contributed by atoms with E-state index in [1.165, 1.54) is 0 Å². The maximum absolute atomic E-state index is 12.5. The van der Waals surface area contributed by atoms with Crippen molar-refractivity contribution in [3.63, 3.8) is 0 Å². The van der Waals surface area contributed by atoms with Crippen molar-refractivity contribution in [3.8, 4) is 0 Å². The predicted molar refractivity (Wildman–Crippen MR) is 115 cm³/mol. The average molecular weight is 462 g/mol. The van der Waals surface area contributed by atoms with E-state index in [4.69, 9.17) is 33.7 Å². The molecule has 1 fully saturated rings. The number of H-pyrrole nitrogens is 1. The summed E-state index contributed by atoms with van der Waals surface area (Å²) in [6.45, 7) is 0.738.